The molecule has 0 aromatic carbocycles. The van der Waals surface area contributed by atoms with Gasteiger partial charge < -0.3 is 15.5 Å². The third-order valence-electron chi connectivity index (χ3n) is 5.91. The van der Waals surface area contributed by atoms with Gasteiger partial charge in [0, 0.05) is 85.8 Å². The van der Waals surface area contributed by atoms with Crippen molar-refractivity contribution in [2.75, 3.05) is 47.3 Å². The molecule has 0 aromatic heterocycles. The molecule has 0 bridgehead atoms. The number of carbonyl (C=O) groups is 6. The molecule has 0 saturated heterocycles. The fourth-order valence-corrected chi connectivity index (χ4v) is 3.53. The van der Waals surface area contributed by atoms with E-state index in [1.165, 1.54) is 21.1 Å². The number of nitrogens with zero attached hydrogens (tertiary/aromatic N) is 4. The molecule has 0 aliphatic rings. The summed E-state index contributed by atoms with van der Waals surface area (Å²) >= 11 is 0. The number of nitrogens with one attached hydrogen (secondary N) is 2. The Kier molecular flexibility index (Phi) is 19.7. The Balaban J connectivity index is 4.48. The van der Waals surface area contributed by atoms with Gasteiger partial charge in [0.05, 0.1) is 0 Å². The van der Waals surface area contributed by atoms with Crippen LogP contribution in [0, 0.1) is 0 Å². The first-order valence-corrected chi connectivity index (χ1v) is 13.5. The summed E-state index contributed by atoms with van der Waals surface area (Å²) in [5, 5.41) is 34.2. The fraction of sp³-hybridized carbons (Fsp3) is 0.760. The van der Waals surface area contributed by atoms with Gasteiger partial charge in [0.25, 0.3) is 0 Å². The fourth-order valence-electron chi connectivity index (χ4n) is 3.53. The molecule has 15 heteroatoms. The lowest BCUT2D eigenvalue weighted by atomic mass is 10.2. The van der Waals surface area contributed by atoms with Gasteiger partial charge in [-0.05, 0) is 38.5 Å². The number of hydrogen-bond acceptors (Lipinski definition) is 9. The average Bonchev–Trinajstić information content (AvgIpc) is 2.88. The van der Waals surface area contributed by atoms with Crippen molar-refractivity contribution in [1.82, 2.24) is 30.7 Å². The predicted octanol–water partition coefficient (Wildman–Crippen LogP) is 0.271. The van der Waals surface area contributed by atoms with E-state index in [1.54, 1.807) is 4.90 Å². The quantitative estimate of drug-likeness (QED) is 0.0725. The number of hydrogen-bond donors (Lipinski definition) is 5. The third-order valence-corrected chi connectivity index (χ3v) is 5.91. The Hall–Kier alpha value is -3.30. The number of carbonyl (C=O) groups excluding carboxylic acids is 6. The van der Waals surface area contributed by atoms with Crippen LogP contribution in [-0.4, -0.2) is 118 Å². The molecule has 0 aliphatic heterocycles. The van der Waals surface area contributed by atoms with Crippen LogP contribution in [0.15, 0.2) is 0 Å². The van der Waals surface area contributed by atoms with Gasteiger partial charge in [-0.1, -0.05) is 0 Å². The molecule has 0 saturated carbocycles. The Morgan fingerprint density at radius 3 is 1.25 bits per heavy atom. The Labute approximate surface area is 235 Å². The molecule has 0 unspecified atom stereocenters. The van der Waals surface area contributed by atoms with Crippen molar-refractivity contribution in [2.45, 2.75) is 77.0 Å². The maximum absolute atomic E-state index is 12.8. The van der Waals surface area contributed by atoms with E-state index in [0.29, 0.717) is 73.5 Å². The first-order valence-electron chi connectivity index (χ1n) is 13.5. The van der Waals surface area contributed by atoms with Gasteiger partial charge in [0.15, 0.2) is 0 Å². The lowest BCUT2D eigenvalue weighted by Crippen LogP contribution is -2.35. The SMILES string of the molecule is CN(O)C(=O)CCCC(=O)NCCCCN(CCCNC(=O)CCCC(=O)N(C)O)C(=O)CCCC(=O)N(C)O. The van der Waals surface area contributed by atoms with Gasteiger partial charge in [-0.15, -0.1) is 0 Å². The van der Waals surface area contributed by atoms with E-state index in [0.717, 1.165) is 0 Å². The number of unbranched alkanes of at least 4 members (excludes halogenated alkanes) is 1. The van der Waals surface area contributed by atoms with E-state index in [4.69, 9.17) is 15.6 Å². The summed E-state index contributed by atoms with van der Waals surface area (Å²) < 4.78 is 0. The van der Waals surface area contributed by atoms with Gasteiger partial charge in [-0.25, -0.2) is 15.2 Å². The monoisotopic (exact) mass is 574 g/mol. The van der Waals surface area contributed by atoms with E-state index in [-0.39, 0.29) is 62.7 Å². The lowest BCUT2D eigenvalue weighted by Gasteiger charge is -2.23. The van der Waals surface area contributed by atoms with Crippen LogP contribution in [0.3, 0.4) is 0 Å². The summed E-state index contributed by atoms with van der Waals surface area (Å²) in [6.45, 7) is 1.52. The first-order chi connectivity index (χ1) is 18.8. The lowest BCUT2D eigenvalue weighted by molar-refractivity contribution is -0.159. The Morgan fingerprint density at radius 1 is 0.475 bits per heavy atom. The van der Waals surface area contributed by atoms with Crippen LogP contribution in [0.5, 0.6) is 0 Å². The van der Waals surface area contributed by atoms with Crippen LogP contribution >= 0.6 is 0 Å². The maximum Gasteiger partial charge on any atom is 0.245 e. The molecule has 5 N–H and O–H groups in total. The van der Waals surface area contributed by atoms with Gasteiger partial charge >= 0.3 is 0 Å². The second-order valence-electron chi connectivity index (χ2n) is 9.45. The molecule has 0 rings (SSSR count). The van der Waals surface area contributed by atoms with Gasteiger partial charge in [-0.2, -0.15) is 0 Å². The van der Waals surface area contributed by atoms with E-state index >= 15 is 0 Å². The molecule has 0 radical (unpaired) electrons. The standard InChI is InChI=1S/C25H46N6O9/c1-28(38)22(34)12-6-10-20(32)26-16-4-5-18-31(25(37)15-8-14-24(36)30(3)40)19-9-17-27-21(33)11-7-13-23(35)29(2)39/h38-40H,4-19H2,1-3H3,(H,26,32)(H,27,33). The molecule has 0 spiro atoms. The van der Waals surface area contributed by atoms with Crippen LogP contribution in [-0.2, 0) is 28.8 Å². The normalized spacial score (nSPS) is 10.4. The second kappa shape index (κ2) is 21.5. The molecule has 0 aromatic rings. The van der Waals surface area contributed by atoms with Gasteiger partial charge in [0.2, 0.25) is 35.4 Å². The molecule has 40 heavy (non-hydrogen) atoms. The first kappa shape index (κ1) is 36.7. The minimum atomic E-state index is -0.488. The largest absolute Gasteiger partial charge is 0.356 e. The van der Waals surface area contributed by atoms with Gasteiger partial charge in [-0.3, -0.25) is 44.4 Å². The number of rotatable bonds is 21. The number of amides is 6. The summed E-state index contributed by atoms with van der Waals surface area (Å²) in [4.78, 5) is 72.5. The van der Waals surface area contributed by atoms with Crippen LogP contribution < -0.4 is 10.6 Å². The van der Waals surface area contributed by atoms with Crippen molar-refractivity contribution in [1.29, 1.82) is 0 Å². The zero-order valence-corrected chi connectivity index (χ0v) is 23.9. The molecule has 0 fully saturated rings. The van der Waals surface area contributed by atoms with Crippen LogP contribution in [0.4, 0.5) is 0 Å². The van der Waals surface area contributed by atoms with Crippen LogP contribution in [0.1, 0.15) is 77.0 Å². The summed E-state index contributed by atoms with van der Waals surface area (Å²) in [7, 11) is 3.67. The molecule has 0 atom stereocenters. The molecule has 15 nitrogen and oxygen atoms in total. The van der Waals surface area contributed by atoms with Crippen molar-refractivity contribution in [2.24, 2.45) is 0 Å². The highest BCUT2D eigenvalue weighted by atomic mass is 16.5. The van der Waals surface area contributed by atoms with Crippen LogP contribution in [0.25, 0.3) is 0 Å². The van der Waals surface area contributed by atoms with Crippen molar-refractivity contribution in [3.8, 4) is 0 Å². The zero-order chi connectivity index (χ0) is 30.5. The zero-order valence-electron chi connectivity index (χ0n) is 23.9. The molecule has 0 heterocycles. The Bertz CT molecular complexity index is 821. The van der Waals surface area contributed by atoms with E-state index in [2.05, 4.69) is 10.6 Å². The van der Waals surface area contributed by atoms with E-state index in [9.17, 15) is 28.8 Å². The van der Waals surface area contributed by atoms with Gasteiger partial charge in [0.1, 0.15) is 0 Å². The highest BCUT2D eigenvalue weighted by Gasteiger charge is 2.15. The average molecular weight is 575 g/mol. The summed E-state index contributed by atoms with van der Waals surface area (Å²) in [6.07, 6.45) is 3.19. The number of hydroxylamine groups is 6. The van der Waals surface area contributed by atoms with Crippen molar-refractivity contribution >= 4 is 35.4 Å². The molecule has 6 amide bonds. The molecule has 230 valence electrons. The third kappa shape index (κ3) is 18.9. The molecular weight excluding hydrogens is 528 g/mol. The smallest absolute Gasteiger partial charge is 0.245 e. The van der Waals surface area contributed by atoms with Crippen LogP contribution in [0.2, 0.25) is 0 Å². The second-order valence-corrected chi connectivity index (χ2v) is 9.45. The highest BCUT2D eigenvalue weighted by molar-refractivity contribution is 5.79. The predicted molar refractivity (Wildman–Crippen MR) is 142 cm³/mol. The van der Waals surface area contributed by atoms with Crippen molar-refractivity contribution in [3.63, 3.8) is 0 Å². The highest BCUT2D eigenvalue weighted by Crippen LogP contribution is 2.06. The van der Waals surface area contributed by atoms with E-state index in [1.807, 2.05) is 0 Å². The summed E-state index contributed by atoms with van der Waals surface area (Å²) in [6, 6.07) is 0. The maximum atomic E-state index is 12.8. The molecule has 0 aliphatic carbocycles. The molecular formula is C25H46N6O9. The summed E-state index contributed by atoms with van der Waals surface area (Å²) in [5.74, 6) is -2.03. The minimum Gasteiger partial charge on any atom is -0.356 e. The van der Waals surface area contributed by atoms with Crippen molar-refractivity contribution in [3.05, 3.63) is 0 Å². The van der Waals surface area contributed by atoms with Crippen molar-refractivity contribution < 1.29 is 44.4 Å². The summed E-state index contributed by atoms with van der Waals surface area (Å²) in [5.41, 5.74) is 0. The Morgan fingerprint density at radius 2 is 0.825 bits per heavy atom. The topological polar surface area (TPSA) is 200 Å². The minimum absolute atomic E-state index is 0.0312. The van der Waals surface area contributed by atoms with E-state index < -0.39 is 17.7 Å².